The van der Waals surface area contributed by atoms with Crippen molar-refractivity contribution in [2.45, 2.75) is 0 Å². The lowest BCUT2D eigenvalue weighted by atomic mass is 10.1. The molecule has 0 aliphatic carbocycles. The molecule has 0 atom stereocenters. The molecule has 3 nitrogen and oxygen atoms in total. The molecule has 0 amide bonds. The number of hydrogen-bond donors (Lipinski definition) is 1. The molecule has 0 unspecified atom stereocenters. The number of halogens is 1. The summed E-state index contributed by atoms with van der Waals surface area (Å²) >= 11 is 0. The molecule has 1 aliphatic rings. The number of hydrogen-bond acceptors (Lipinski definition) is 3. The van der Waals surface area contributed by atoms with Crippen molar-refractivity contribution in [1.82, 2.24) is 0 Å². The number of phenols is 1. The number of carbonyl (C=O) groups excluding carboxylic acids is 1. The molecule has 1 N–H and O–H groups in total. The van der Waals surface area contributed by atoms with Crippen LogP contribution in [0.5, 0.6) is 11.5 Å². The summed E-state index contributed by atoms with van der Waals surface area (Å²) in [6.07, 6.45) is 1.54. The monoisotopic (exact) mass is 256 g/mol. The van der Waals surface area contributed by atoms with Gasteiger partial charge in [0.25, 0.3) is 0 Å². The SMILES string of the molecule is O=C1C(=Cc2ccc(F)cc2)Oc2cc(O)ccc21. The van der Waals surface area contributed by atoms with E-state index in [1.165, 1.54) is 30.3 Å². The van der Waals surface area contributed by atoms with Gasteiger partial charge in [-0.2, -0.15) is 0 Å². The zero-order valence-electron chi connectivity index (χ0n) is 9.76. The van der Waals surface area contributed by atoms with Crippen LogP contribution in [-0.4, -0.2) is 10.9 Å². The molecular weight excluding hydrogens is 247 g/mol. The quantitative estimate of drug-likeness (QED) is 0.797. The van der Waals surface area contributed by atoms with Gasteiger partial charge in [0.15, 0.2) is 5.76 Å². The Kier molecular flexibility index (Phi) is 2.56. The number of allylic oxidation sites excluding steroid dienone is 1. The lowest BCUT2D eigenvalue weighted by Gasteiger charge is -1.98. The second kappa shape index (κ2) is 4.24. The third-order valence-electron chi connectivity index (χ3n) is 2.82. The van der Waals surface area contributed by atoms with Crippen molar-refractivity contribution in [3.05, 3.63) is 65.2 Å². The molecule has 0 aromatic heterocycles. The number of ketones is 1. The molecule has 1 heterocycles. The Morgan fingerprint density at radius 1 is 1.11 bits per heavy atom. The maximum Gasteiger partial charge on any atom is 0.231 e. The van der Waals surface area contributed by atoms with Gasteiger partial charge < -0.3 is 9.84 Å². The number of ether oxygens (including phenoxy) is 1. The first-order valence-electron chi connectivity index (χ1n) is 5.66. The Morgan fingerprint density at radius 3 is 2.58 bits per heavy atom. The summed E-state index contributed by atoms with van der Waals surface area (Å²) < 4.78 is 18.2. The van der Waals surface area contributed by atoms with Crippen molar-refractivity contribution >= 4 is 11.9 Å². The Labute approximate surface area is 108 Å². The first kappa shape index (κ1) is 11.5. The van der Waals surface area contributed by atoms with E-state index in [-0.39, 0.29) is 23.1 Å². The van der Waals surface area contributed by atoms with E-state index in [1.807, 2.05) is 0 Å². The lowest BCUT2D eigenvalue weighted by Crippen LogP contribution is -1.97. The number of rotatable bonds is 1. The van der Waals surface area contributed by atoms with Gasteiger partial charge in [-0.1, -0.05) is 12.1 Å². The maximum absolute atomic E-state index is 12.8. The predicted octanol–water partition coefficient (Wildman–Crippen LogP) is 3.15. The lowest BCUT2D eigenvalue weighted by molar-refractivity contribution is 0.101. The minimum Gasteiger partial charge on any atom is -0.508 e. The number of fused-ring (bicyclic) bond motifs is 1. The fraction of sp³-hybridized carbons (Fsp3) is 0. The molecule has 19 heavy (non-hydrogen) atoms. The molecule has 2 aromatic rings. The summed E-state index contributed by atoms with van der Waals surface area (Å²) in [5, 5.41) is 9.34. The fourth-order valence-corrected chi connectivity index (χ4v) is 1.89. The van der Waals surface area contributed by atoms with E-state index in [0.717, 1.165) is 0 Å². The topological polar surface area (TPSA) is 46.5 Å². The molecule has 0 bridgehead atoms. The Balaban J connectivity index is 1.97. The highest BCUT2D eigenvalue weighted by atomic mass is 19.1. The highest BCUT2D eigenvalue weighted by Gasteiger charge is 2.27. The minimum absolute atomic E-state index is 0.0367. The van der Waals surface area contributed by atoms with Gasteiger partial charge in [0.2, 0.25) is 5.78 Å². The van der Waals surface area contributed by atoms with E-state index in [1.54, 1.807) is 18.2 Å². The summed E-state index contributed by atoms with van der Waals surface area (Å²) in [5.74, 6) is -0.0616. The number of Topliss-reactive ketones (excluding diaryl/α,β-unsaturated/α-hetero) is 1. The second-order valence-electron chi connectivity index (χ2n) is 4.17. The first-order valence-corrected chi connectivity index (χ1v) is 5.66. The average Bonchev–Trinajstić information content (AvgIpc) is 2.68. The van der Waals surface area contributed by atoms with Gasteiger partial charge >= 0.3 is 0 Å². The van der Waals surface area contributed by atoms with Crippen molar-refractivity contribution in [2.75, 3.05) is 0 Å². The molecular formula is C15H9FO3. The standard InChI is InChI=1S/C15H9FO3/c16-10-3-1-9(2-4-10)7-14-15(18)12-6-5-11(17)8-13(12)19-14/h1-8,17H. The van der Waals surface area contributed by atoms with Crippen LogP contribution in [0, 0.1) is 5.82 Å². The van der Waals surface area contributed by atoms with E-state index in [0.29, 0.717) is 16.9 Å². The van der Waals surface area contributed by atoms with Crippen molar-refractivity contribution < 1.29 is 19.0 Å². The molecule has 94 valence electrons. The predicted molar refractivity (Wildman–Crippen MR) is 67.4 cm³/mol. The molecule has 0 saturated carbocycles. The third kappa shape index (κ3) is 2.08. The van der Waals surface area contributed by atoms with Gasteiger partial charge in [-0.05, 0) is 35.9 Å². The van der Waals surface area contributed by atoms with Crippen molar-refractivity contribution in [3.8, 4) is 11.5 Å². The Morgan fingerprint density at radius 2 is 1.84 bits per heavy atom. The highest BCUT2D eigenvalue weighted by Crippen LogP contribution is 2.34. The van der Waals surface area contributed by atoms with Gasteiger partial charge in [-0.3, -0.25) is 4.79 Å². The van der Waals surface area contributed by atoms with Crippen LogP contribution in [0.3, 0.4) is 0 Å². The van der Waals surface area contributed by atoms with Crippen molar-refractivity contribution in [3.63, 3.8) is 0 Å². The smallest absolute Gasteiger partial charge is 0.231 e. The summed E-state index contributed by atoms with van der Waals surface area (Å²) in [6, 6.07) is 10.1. The van der Waals surface area contributed by atoms with Crippen LogP contribution in [0.1, 0.15) is 15.9 Å². The zero-order chi connectivity index (χ0) is 13.4. The number of carbonyl (C=O) groups is 1. The van der Waals surface area contributed by atoms with Gasteiger partial charge in [0, 0.05) is 6.07 Å². The first-order chi connectivity index (χ1) is 9.13. The van der Waals surface area contributed by atoms with Gasteiger partial charge in [-0.15, -0.1) is 0 Å². The number of benzene rings is 2. The van der Waals surface area contributed by atoms with Gasteiger partial charge in [-0.25, -0.2) is 4.39 Å². The molecule has 0 fully saturated rings. The van der Waals surface area contributed by atoms with E-state index in [9.17, 15) is 14.3 Å². The van der Waals surface area contributed by atoms with Crippen molar-refractivity contribution in [2.24, 2.45) is 0 Å². The number of phenolic OH excluding ortho intramolecular Hbond substituents is 1. The largest absolute Gasteiger partial charge is 0.508 e. The van der Waals surface area contributed by atoms with E-state index in [4.69, 9.17) is 4.74 Å². The Hall–Kier alpha value is -2.62. The summed E-state index contributed by atoms with van der Waals surface area (Å²) in [6.45, 7) is 0. The molecule has 3 rings (SSSR count). The van der Waals surface area contributed by atoms with Crippen LogP contribution in [0.2, 0.25) is 0 Å². The van der Waals surface area contributed by atoms with Crippen LogP contribution in [0.25, 0.3) is 6.08 Å². The van der Waals surface area contributed by atoms with Crippen LogP contribution >= 0.6 is 0 Å². The summed E-state index contributed by atoms with van der Waals surface area (Å²) in [4.78, 5) is 12.0. The van der Waals surface area contributed by atoms with Gasteiger partial charge in [0.1, 0.15) is 17.3 Å². The van der Waals surface area contributed by atoms with E-state index in [2.05, 4.69) is 0 Å². The molecule has 2 aromatic carbocycles. The molecule has 1 aliphatic heterocycles. The number of aromatic hydroxyl groups is 1. The highest BCUT2D eigenvalue weighted by molar-refractivity contribution is 6.14. The maximum atomic E-state index is 12.8. The molecule has 0 saturated heterocycles. The normalized spacial score (nSPS) is 15.4. The second-order valence-corrected chi connectivity index (χ2v) is 4.17. The minimum atomic E-state index is -0.339. The fourth-order valence-electron chi connectivity index (χ4n) is 1.89. The van der Waals surface area contributed by atoms with Crippen molar-refractivity contribution in [1.29, 1.82) is 0 Å². The average molecular weight is 256 g/mol. The van der Waals surface area contributed by atoms with Crippen LogP contribution in [0.4, 0.5) is 4.39 Å². The zero-order valence-corrected chi connectivity index (χ0v) is 9.76. The van der Waals surface area contributed by atoms with Crippen LogP contribution in [-0.2, 0) is 0 Å². The van der Waals surface area contributed by atoms with Crippen LogP contribution < -0.4 is 4.74 Å². The molecule has 0 spiro atoms. The Bertz CT molecular complexity index is 687. The summed E-state index contributed by atoms with van der Waals surface area (Å²) in [5.41, 5.74) is 1.08. The summed E-state index contributed by atoms with van der Waals surface area (Å²) in [7, 11) is 0. The van der Waals surface area contributed by atoms with E-state index < -0.39 is 0 Å². The third-order valence-corrected chi connectivity index (χ3v) is 2.82. The molecule has 4 heteroatoms. The van der Waals surface area contributed by atoms with Crippen LogP contribution in [0.15, 0.2) is 48.2 Å². The van der Waals surface area contributed by atoms with E-state index >= 15 is 0 Å². The van der Waals surface area contributed by atoms with Gasteiger partial charge in [0.05, 0.1) is 5.56 Å². The molecule has 0 radical (unpaired) electrons.